The Kier molecular flexibility index (Phi) is 4.29. The number of hydrogen-bond donors (Lipinski definition) is 1. The van der Waals surface area contributed by atoms with Gasteiger partial charge in [-0.3, -0.25) is 0 Å². The van der Waals surface area contributed by atoms with Crippen molar-refractivity contribution in [2.45, 2.75) is 19.1 Å². The van der Waals surface area contributed by atoms with Crippen LogP contribution in [0.15, 0.2) is 24.3 Å². The van der Waals surface area contributed by atoms with Crippen LogP contribution < -0.4 is 0 Å². The summed E-state index contributed by atoms with van der Waals surface area (Å²) in [5.41, 5.74) is 1.26. The van der Waals surface area contributed by atoms with E-state index in [-0.39, 0.29) is 12.2 Å². The molecule has 1 aliphatic heterocycles. The van der Waals surface area contributed by atoms with Crippen molar-refractivity contribution in [2.75, 3.05) is 13.2 Å². The Morgan fingerprint density at radius 1 is 1.68 bits per heavy atom. The second-order valence-corrected chi connectivity index (χ2v) is 4.38. The molecule has 4 nitrogen and oxygen atoms in total. The van der Waals surface area contributed by atoms with Crippen LogP contribution in [0.3, 0.4) is 0 Å². The first kappa shape index (κ1) is 13.7. The Labute approximate surface area is 110 Å². The highest BCUT2D eigenvalue weighted by Gasteiger charge is 2.24. The van der Waals surface area contributed by atoms with E-state index in [2.05, 4.69) is 0 Å². The highest BCUT2D eigenvalue weighted by molar-refractivity contribution is 5.85. The molecule has 0 spiro atoms. The molecule has 1 saturated heterocycles. The van der Waals surface area contributed by atoms with Crippen molar-refractivity contribution in [3.63, 3.8) is 0 Å². The number of hydrogen-bond acceptors (Lipinski definition) is 3. The van der Waals surface area contributed by atoms with Crippen molar-refractivity contribution in [1.29, 1.82) is 0 Å². The molecule has 1 aromatic rings. The molecule has 0 aromatic heterocycles. The topological polar surface area (TPSA) is 59.1 Å². The Morgan fingerprint density at radius 3 is 3.05 bits per heavy atom. The fourth-order valence-electron chi connectivity index (χ4n) is 1.73. The summed E-state index contributed by atoms with van der Waals surface area (Å²) < 4.78 is 23.9. The fraction of sp³-hybridized carbons (Fsp3) is 0.357. The molecule has 0 saturated carbocycles. The number of carboxylic acids is 1. The van der Waals surface area contributed by atoms with Gasteiger partial charge in [-0.05, 0) is 36.3 Å². The monoisotopic (exact) mass is 266 g/mol. The normalized spacial score (nSPS) is 19.6. The van der Waals surface area contributed by atoms with Crippen molar-refractivity contribution in [3.05, 3.63) is 41.2 Å². The number of halogens is 1. The fourth-order valence-corrected chi connectivity index (χ4v) is 1.73. The van der Waals surface area contributed by atoms with Crippen LogP contribution in [-0.2, 0) is 14.3 Å². The zero-order valence-electron chi connectivity index (χ0n) is 10.5. The molecule has 1 heterocycles. The molecule has 0 unspecified atom stereocenters. The third kappa shape index (κ3) is 4.15. The lowest BCUT2D eigenvalue weighted by Crippen LogP contribution is -2.07. The predicted octanol–water partition coefficient (Wildman–Crippen LogP) is 2.40. The Hall–Kier alpha value is -1.72. The minimum Gasteiger partial charge on any atom is -0.478 e. The maximum absolute atomic E-state index is 13.2. The SMILES string of the molecule is C[C@@H](OC[C@H]1CO1)c1ccc(F)cc1/C=C/C(=O)O. The van der Waals surface area contributed by atoms with E-state index >= 15 is 0 Å². The first-order valence-corrected chi connectivity index (χ1v) is 6.00. The summed E-state index contributed by atoms with van der Waals surface area (Å²) in [7, 11) is 0. The average molecular weight is 266 g/mol. The maximum Gasteiger partial charge on any atom is 0.328 e. The molecule has 0 aliphatic carbocycles. The van der Waals surface area contributed by atoms with Crippen molar-refractivity contribution < 1.29 is 23.8 Å². The number of ether oxygens (including phenoxy) is 2. The number of carbonyl (C=O) groups is 1. The number of aliphatic carboxylic acids is 1. The minimum absolute atomic E-state index is 0.154. The van der Waals surface area contributed by atoms with Crippen LogP contribution >= 0.6 is 0 Å². The van der Waals surface area contributed by atoms with Crippen molar-refractivity contribution in [3.8, 4) is 0 Å². The molecule has 0 bridgehead atoms. The lowest BCUT2D eigenvalue weighted by Gasteiger charge is -2.15. The second kappa shape index (κ2) is 5.95. The zero-order chi connectivity index (χ0) is 13.8. The Bertz CT molecular complexity index is 494. The van der Waals surface area contributed by atoms with E-state index in [4.69, 9.17) is 14.6 Å². The van der Waals surface area contributed by atoms with Gasteiger partial charge >= 0.3 is 5.97 Å². The van der Waals surface area contributed by atoms with Crippen molar-refractivity contribution in [1.82, 2.24) is 0 Å². The molecular formula is C14H15FO4. The second-order valence-electron chi connectivity index (χ2n) is 4.38. The largest absolute Gasteiger partial charge is 0.478 e. The quantitative estimate of drug-likeness (QED) is 0.634. The Morgan fingerprint density at radius 2 is 2.42 bits per heavy atom. The molecule has 2 rings (SSSR count). The van der Waals surface area contributed by atoms with Gasteiger partial charge < -0.3 is 14.6 Å². The first-order chi connectivity index (χ1) is 9.06. The molecule has 0 amide bonds. The maximum atomic E-state index is 13.2. The van der Waals surface area contributed by atoms with Crippen LogP contribution in [0.2, 0.25) is 0 Å². The van der Waals surface area contributed by atoms with Crippen LogP contribution in [0.25, 0.3) is 6.08 Å². The van der Waals surface area contributed by atoms with Crippen molar-refractivity contribution in [2.24, 2.45) is 0 Å². The van der Waals surface area contributed by atoms with E-state index in [9.17, 15) is 9.18 Å². The minimum atomic E-state index is -1.07. The van der Waals surface area contributed by atoms with Crippen molar-refractivity contribution >= 4 is 12.0 Å². The summed E-state index contributed by atoms with van der Waals surface area (Å²) in [5, 5.41) is 8.63. The van der Waals surface area contributed by atoms with Gasteiger partial charge in [-0.2, -0.15) is 0 Å². The smallest absolute Gasteiger partial charge is 0.328 e. The van der Waals surface area contributed by atoms with Gasteiger partial charge in [0.15, 0.2) is 0 Å². The van der Waals surface area contributed by atoms with E-state index in [0.717, 1.165) is 11.6 Å². The highest BCUT2D eigenvalue weighted by Crippen LogP contribution is 2.24. The summed E-state index contributed by atoms with van der Waals surface area (Å²) >= 11 is 0. The first-order valence-electron chi connectivity index (χ1n) is 6.00. The van der Waals surface area contributed by atoms with Gasteiger partial charge in [-0.1, -0.05) is 6.07 Å². The average Bonchev–Trinajstić information content (AvgIpc) is 3.17. The summed E-state index contributed by atoms with van der Waals surface area (Å²) in [6.45, 7) is 3.04. The van der Waals surface area contributed by atoms with Crippen LogP contribution in [0.5, 0.6) is 0 Å². The van der Waals surface area contributed by atoms with Crippen LogP contribution in [0, 0.1) is 5.82 Å². The van der Waals surface area contributed by atoms with E-state index in [0.29, 0.717) is 18.8 Å². The van der Waals surface area contributed by atoms with E-state index in [1.807, 2.05) is 6.92 Å². The molecule has 1 fully saturated rings. The van der Waals surface area contributed by atoms with E-state index in [1.54, 1.807) is 6.07 Å². The van der Waals surface area contributed by atoms with Crippen LogP contribution in [0.4, 0.5) is 4.39 Å². The van der Waals surface area contributed by atoms with Gasteiger partial charge in [0.25, 0.3) is 0 Å². The number of benzene rings is 1. The summed E-state index contributed by atoms with van der Waals surface area (Å²) in [5.74, 6) is -1.48. The molecule has 102 valence electrons. The van der Waals surface area contributed by atoms with Gasteiger partial charge in [0.2, 0.25) is 0 Å². The lowest BCUT2D eigenvalue weighted by atomic mass is 10.0. The Balaban J connectivity index is 2.14. The van der Waals surface area contributed by atoms with Gasteiger partial charge in [0.05, 0.1) is 19.3 Å². The lowest BCUT2D eigenvalue weighted by molar-refractivity contribution is -0.131. The summed E-state index contributed by atoms with van der Waals surface area (Å²) in [4.78, 5) is 10.5. The van der Waals surface area contributed by atoms with Crippen LogP contribution in [0.1, 0.15) is 24.2 Å². The summed E-state index contributed by atoms with van der Waals surface area (Å²) in [6, 6.07) is 4.23. The molecule has 1 aromatic carbocycles. The van der Waals surface area contributed by atoms with E-state index < -0.39 is 11.8 Å². The van der Waals surface area contributed by atoms with Gasteiger partial charge in [-0.25, -0.2) is 9.18 Å². The predicted molar refractivity (Wildman–Crippen MR) is 67.2 cm³/mol. The molecular weight excluding hydrogens is 251 g/mol. The third-order valence-corrected chi connectivity index (χ3v) is 2.83. The van der Waals surface area contributed by atoms with Crippen LogP contribution in [-0.4, -0.2) is 30.4 Å². The summed E-state index contributed by atoms with van der Waals surface area (Å²) in [6.07, 6.45) is 2.25. The molecule has 1 N–H and O–H groups in total. The number of carboxylic acid groups (broad SMARTS) is 1. The van der Waals surface area contributed by atoms with Gasteiger partial charge in [-0.15, -0.1) is 0 Å². The number of rotatable bonds is 6. The van der Waals surface area contributed by atoms with Gasteiger partial charge in [0, 0.05) is 6.08 Å². The molecule has 2 atom stereocenters. The molecule has 0 radical (unpaired) electrons. The molecule has 19 heavy (non-hydrogen) atoms. The van der Waals surface area contributed by atoms with E-state index in [1.165, 1.54) is 18.2 Å². The standard InChI is InChI=1S/C14H15FO4/c1-9(18-7-12-8-19-12)13-4-3-11(15)6-10(13)2-5-14(16)17/h2-6,9,12H,7-8H2,1H3,(H,16,17)/b5-2+/t9-,12+/m1/s1. The number of epoxide rings is 1. The zero-order valence-corrected chi connectivity index (χ0v) is 10.5. The highest BCUT2D eigenvalue weighted by atomic mass is 19.1. The van der Waals surface area contributed by atoms with Gasteiger partial charge in [0.1, 0.15) is 11.9 Å². The molecule has 5 heteroatoms. The third-order valence-electron chi connectivity index (χ3n) is 2.83. The molecule has 1 aliphatic rings.